The maximum atomic E-state index is 13.2. The molecule has 0 aliphatic carbocycles. The number of carbonyl (C=O) groups is 1. The number of hydrogen-bond donors (Lipinski definition) is 1. The molecule has 1 aliphatic heterocycles. The number of carbonyl (C=O) groups excluding carboxylic acids is 1. The monoisotopic (exact) mass is 463 g/mol. The normalized spacial score (nSPS) is 14.8. The number of nitrogens with zero attached hydrogens (tertiary/aromatic N) is 2. The molecule has 1 amide bonds. The molecular formula is C25H25N3O4S. The lowest BCUT2D eigenvalue weighted by molar-refractivity contribution is -0.116. The summed E-state index contributed by atoms with van der Waals surface area (Å²) < 4.78 is 13.1. The molecule has 1 aromatic heterocycles. The molecule has 2 aromatic carbocycles. The van der Waals surface area contributed by atoms with Gasteiger partial charge in [0.15, 0.2) is 16.7 Å². The van der Waals surface area contributed by atoms with Gasteiger partial charge in [-0.25, -0.2) is 0 Å². The molecule has 1 atom stereocenters. The molecule has 33 heavy (non-hydrogen) atoms. The summed E-state index contributed by atoms with van der Waals surface area (Å²) in [4.78, 5) is 30.3. The summed E-state index contributed by atoms with van der Waals surface area (Å²) in [7, 11) is 3.36. The lowest BCUT2D eigenvalue weighted by Gasteiger charge is -2.29. The highest BCUT2D eigenvalue weighted by Crippen LogP contribution is 2.43. The van der Waals surface area contributed by atoms with Gasteiger partial charge in [0.05, 0.1) is 12.7 Å². The first kappa shape index (κ1) is 22.7. The SMILES string of the molecule is C=CCOc1c(OC)cccc1[C@H]1CC(=O)Nc2c1c(=O)nc(SCc1ccccc1)n2C. The van der Waals surface area contributed by atoms with Crippen LogP contribution in [0, 0.1) is 0 Å². The number of fused-ring (bicyclic) bond motifs is 1. The predicted octanol–water partition coefficient (Wildman–Crippen LogP) is 4.12. The van der Waals surface area contributed by atoms with Crippen molar-refractivity contribution >= 4 is 23.5 Å². The van der Waals surface area contributed by atoms with Crippen LogP contribution in [0.2, 0.25) is 0 Å². The lowest BCUT2D eigenvalue weighted by atomic mass is 9.86. The van der Waals surface area contributed by atoms with Gasteiger partial charge in [-0.1, -0.05) is 66.9 Å². The topological polar surface area (TPSA) is 82.4 Å². The first-order chi connectivity index (χ1) is 16.0. The van der Waals surface area contributed by atoms with Gasteiger partial charge in [0, 0.05) is 30.7 Å². The average molecular weight is 464 g/mol. The Labute approximate surface area is 196 Å². The summed E-state index contributed by atoms with van der Waals surface area (Å²) in [6.07, 6.45) is 1.74. The summed E-state index contributed by atoms with van der Waals surface area (Å²) in [6, 6.07) is 15.4. The quantitative estimate of drug-likeness (QED) is 0.307. The summed E-state index contributed by atoms with van der Waals surface area (Å²) in [5, 5.41) is 3.42. The zero-order valence-electron chi connectivity index (χ0n) is 18.5. The summed E-state index contributed by atoms with van der Waals surface area (Å²) >= 11 is 1.45. The lowest BCUT2D eigenvalue weighted by Crippen LogP contribution is -2.33. The number of aromatic nitrogens is 2. The minimum Gasteiger partial charge on any atom is -0.493 e. The van der Waals surface area contributed by atoms with E-state index in [-0.39, 0.29) is 24.5 Å². The van der Waals surface area contributed by atoms with Crippen molar-refractivity contribution < 1.29 is 14.3 Å². The number of hydrogen-bond acceptors (Lipinski definition) is 6. The summed E-state index contributed by atoms with van der Waals surface area (Å²) in [6.45, 7) is 3.97. The third-order valence-electron chi connectivity index (χ3n) is 5.46. The number of rotatable bonds is 8. The zero-order valence-corrected chi connectivity index (χ0v) is 19.4. The molecule has 0 saturated carbocycles. The second-order valence-corrected chi connectivity index (χ2v) is 8.52. The Morgan fingerprint density at radius 1 is 1.21 bits per heavy atom. The number of nitrogens with one attached hydrogen (secondary N) is 1. The Morgan fingerprint density at radius 3 is 2.73 bits per heavy atom. The third kappa shape index (κ3) is 4.66. The number of anilines is 1. The maximum Gasteiger partial charge on any atom is 0.279 e. The van der Waals surface area contributed by atoms with Crippen molar-refractivity contribution in [2.24, 2.45) is 7.05 Å². The van der Waals surface area contributed by atoms with Crippen LogP contribution in [0.25, 0.3) is 0 Å². The van der Waals surface area contributed by atoms with Gasteiger partial charge in [-0.05, 0) is 11.6 Å². The van der Waals surface area contributed by atoms with E-state index < -0.39 is 5.92 Å². The van der Waals surface area contributed by atoms with Crippen LogP contribution in [0.3, 0.4) is 0 Å². The molecule has 0 unspecified atom stereocenters. The van der Waals surface area contributed by atoms with E-state index in [1.165, 1.54) is 11.8 Å². The molecule has 3 aromatic rings. The summed E-state index contributed by atoms with van der Waals surface area (Å²) in [5.74, 6) is 1.46. The van der Waals surface area contributed by atoms with Crippen molar-refractivity contribution in [2.75, 3.05) is 19.0 Å². The first-order valence-electron chi connectivity index (χ1n) is 10.5. The van der Waals surface area contributed by atoms with Crippen molar-refractivity contribution in [1.29, 1.82) is 0 Å². The number of ether oxygens (including phenoxy) is 2. The molecule has 0 spiro atoms. The van der Waals surface area contributed by atoms with Crippen molar-refractivity contribution in [2.45, 2.75) is 23.2 Å². The van der Waals surface area contributed by atoms with Gasteiger partial charge in [-0.3, -0.25) is 9.59 Å². The first-order valence-corrected chi connectivity index (χ1v) is 11.5. The van der Waals surface area contributed by atoms with Gasteiger partial charge in [0.2, 0.25) is 5.91 Å². The van der Waals surface area contributed by atoms with Gasteiger partial charge in [0.25, 0.3) is 5.56 Å². The third-order valence-corrected chi connectivity index (χ3v) is 6.56. The van der Waals surface area contributed by atoms with Crippen molar-refractivity contribution in [1.82, 2.24) is 9.55 Å². The highest BCUT2D eigenvalue weighted by atomic mass is 32.2. The van der Waals surface area contributed by atoms with E-state index >= 15 is 0 Å². The molecule has 8 heteroatoms. The van der Waals surface area contributed by atoms with Gasteiger partial charge >= 0.3 is 0 Å². The molecule has 0 bridgehead atoms. The largest absolute Gasteiger partial charge is 0.493 e. The average Bonchev–Trinajstić information content (AvgIpc) is 2.83. The molecule has 1 aliphatic rings. The molecule has 2 heterocycles. The Hall–Kier alpha value is -3.52. The fourth-order valence-corrected chi connectivity index (χ4v) is 4.84. The van der Waals surface area contributed by atoms with Gasteiger partial charge in [0.1, 0.15) is 12.4 Å². The zero-order chi connectivity index (χ0) is 23.4. The van der Waals surface area contributed by atoms with Crippen molar-refractivity contribution in [3.63, 3.8) is 0 Å². The molecule has 7 nitrogen and oxygen atoms in total. The van der Waals surface area contributed by atoms with E-state index in [1.54, 1.807) is 23.8 Å². The molecule has 4 rings (SSSR count). The van der Waals surface area contributed by atoms with Gasteiger partial charge in [-0.2, -0.15) is 4.98 Å². The fraction of sp³-hybridized carbons (Fsp3) is 0.240. The van der Waals surface area contributed by atoms with Crippen LogP contribution in [0.15, 0.2) is 71.1 Å². The van der Waals surface area contributed by atoms with Crippen LogP contribution in [0.5, 0.6) is 11.5 Å². The molecule has 1 N–H and O–H groups in total. The van der Waals surface area contributed by atoms with E-state index in [4.69, 9.17) is 9.47 Å². The highest BCUT2D eigenvalue weighted by Gasteiger charge is 2.34. The predicted molar refractivity (Wildman–Crippen MR) is 129 cm³/mol. The van der Waals surface area contributed by atoms with Crippen LogP contribution in [-0.2, 0) is 17.6 Å². The van der Waals surface area contributed by atoms with Crippen LogP contribution < -0.4 is 20.3 Å². The smallest absolute Gasteiger partial charge is 0.279 e. The minimum atomic E-state index is -0.511. The van der Waals surface area contributed by atoms with Crippen LogP contribution in [0.4, 0.5) is 5.82 Å². The minimum absolute atomic E-state index is 0.109. The molecule has 170 valence electrons. The van der Waals surface area contributed by atoms with Crippen molar-refractivity contribution in [3.05, 3.63) is 88.2 Å². The summed E-state index contributed by atoms with van der Waals surface area (Å²) in [5.41, 5.74) is 1.91. The van der Waals surface area contributed by atoms with Crippen LogP contribution in [0.1, 0.15) is 29.0 Å². The Bertz CT molecular complexity index is 1240. The van der Waals surface area contributed by atoms with E-state index in [1.807, 2.05) is 49.5 Å². The Morgan fingerprint density at radius 2 is 2.00 bits per heavy atom. The molecule has 0 fully saturated rings. The number of amides is 1. The molecule has 0 radical (unpaired) electrons. The second kappa shape index (κ2) is 9.95. The molecule has 0 saturated heterocycles. The number of thioether (sulfide) groups is 1. The molecular weight excluding hydrogens is 438 g/mol. The van der Waals surface area contributed by atoms with E-state index in [0.29, 0.717) is 39.4 Å². The van der Waals surface area contributed by atoms with Gasteiger partial charge in [-0.15, -0.1) is 0 Å². The second-order valence-electron chi connectivity index (χ2n) is 7.58. The van der Waals surface area contributed by atoms with Crippen LogP contribution in [-0.4, -0.2) is 29.2 Å². The van der Waals surface area contributed by atoms with Crippen LogP contribution >= 0.6 is 11.8 Å². The van der Waals surface area contributed by atoms with E-state index in [2.05, 4.69) is 16.9 Å². The van der Waals surface area contributed by atoms with Gasteiger partial charge < -0.3 is 19.4 Å². The highest BCUT2D eigenvalue weighted by molar-refractivity contribution is 7.98. The standard InChI is InChI=1S/C25H25N3O4S/c1-4-13-32-22-17(11-8-12-19(22)31-3)18-14-20(29)26-23-21(18)24(30)27-25(28(23)2)33-15-16-9-6-5-7-10-16/h4-12,18H,1,13-15H2,2-3H3,(H,26,29)/t18-/m1/s1. The maximum absolute atomic E-state index is 13.2. The number of para-hydroxylation sites is 1. The number of benzene rings is 2. The number of methoxy groups -OCH3 is 1. The Kier molecular flexibility index (Phi) is 6.84. The fourth-order valence-electron chi connectivity index (χ4n) is 3.92. The van der Waals surface area contributed by atoms with E-state index in [0.717, 1.165) is 5.56 Å². The van der Waals surface area contributed by atoms with E-state index in [9.17, 15) is 9.59 Å². The van der Waals surface area contributed by atoms with Crippen molar-refractivity contribution in [3.8, 4) is 11.5 Å². The Balaban J connectivity index is 1.77.